The van der Waals surface area contributed by atoms with Crippen LogP contribution in [0.1, 0.15) is 52.9 Å². The van der Waals surface area contributed by atoms with Gasteiger partial charge in [0.15, 0.2) is 0 Å². The molecule has 0 aromatic rings. The SMILES string of the molecule is CCCCCC=C(CN(CC)CCC(=O)OCC)C(=O)O.Cl. The molecule has 22 heavy (non-hydrogen) atoms. The van der Waals surface area contributed by atoms with Gasteiger partial charge in [0, 0.05) is 18.7 Å². The van der Waals surface area contributed by atoms with E-state index in [-0.39, 0.29) is 18.4 Å². The third-order valence-corrected chi connectivity index (χ3v) is 3.25. The smallest absolute Gasteiger partial charge is 0.332 e. The molecule has 0 heterocycles. The third-order valence-electron chi connectivity index (χ3n) is 3.25. The van der Waals surface area contributed by atoms with Gasteiger partial charge in [-0.15, -0.1) is 12.4 Å². The molecule has 0 amide bonds. The largest absolute Gasteiger partial charge is 0.478 e. The summed E-state index contributed by atoms with van der Waals surface area (Å²) in [7, 11) is 0. The Morgan fingerprint density at radius 3 is 2.36 bits per heavy atom. The van der Waals surface area contributed by atoms with Gasteiger partial charge in [0.1, 0.15) is 0 Å². The number of carbonyl (C=O) groups excluding carboxylic acids is 1. The van der Waals surface area contributed by atoms with E-state index in [1.807, 2.05) is 17.9 Å². The molecular weight excluding hydrogens is 306 g/mol. The standard InChI is InChI=1S/C16H29NO4.ClH/c1-4-7-8-9-10-14(16(19)20)13-17(5-2)12-11-15(18)21-6-3;/h10H,4-9,11-13H2,1-3H3,(H,19,20);1H. The second-order valence-corrected chi connectivity index (χ2v) is 4.95. The van der Waals surface area contributed by atoms with Crippen molar-refractivity contribution in [1.82, 2.24) is 4.90 Å². The second kappa shape index (κ2) is 14.9. The Bertz CT molecular complexity index is 345. The van der Waals surface area contributed by atoms with Gasteiger partial charge in [-0.25, -0.2) is 4.79 Å². The van der Waals surface area contributed by atoms with Crippen molar-refractivity contribution in [3.05, 3.63) is 11.6 Å². The van der Waals surface area contributed by atoms with Gasteiger partial charge in [-0.05, 0) is 26.3 Å². The lowest BCUT2D eigenvalue weighted by Crippen LogP contribution is -2.30. The van der Waals surface area contributed by atoms with Gasteiger partial charge in [-0.1, -0.05) is 32.8 Å². The third kappa shape index (κ3) is 11.6. The highest BCUT2D eigenvalue weighted by molar-refractivity contribution is 5.87. The van der Waals surface area contributed by atoms with Crippen LogP contribution in [0.4, 0.5) is 0 Å². The Balaban J connectivity index is 0. The van der Waals surface area contributed by atoms with Crippen LogP contribution in [0.25, 0.3) is 0 Å². The van der Waals surface area contributed by atoms with E-state index < -0.39 is 5.97 Å². The van der Waals surface area contributed by atoms with E-state index in [2.05, 4.69) is 6.92 Å². The summed E-state index contributed by atoms with van der Waals surface area (Å²) in [6.07, 6.45) is 6.16. The highest BCUT2D eigenvalue weighted by Gasteiger charge is 2.13. The minimum absolute atomic E-state index is 0. The second-order valence-electron chi connectivity index (χ2n) is 4.95. The van der Waals surface area contributed by atoms with Crippen LogP contribution in [-0.2, 0) is 14.3 Å². The zero-order valence-corrected chi connectivity index (χ0v) is 14.8. The van der Waals surface area contributed by atoms with Gasteiger partial charge in [0.25, 0.3) is 0 Å². The zero-order chi connectivity index (χ0) is 16.1. The number of allylic oxidation sites excluding steroid dienone is 1. The molecule has 0 fully saturated rings. The lowest BCUT2D eigenvalue weighted by Gasteiger charge is -2.20. The molecule has 0 aromatic heterocycles. The predicted octanol–water partition coefficient (Wildman–Crippen LogP) is 3.27. The van der Waals surface area contributed by atoms with Gasteiger partial charge >= 0.3 is 11.9 Å². The summed E-state index contributed by atoms with van der Waals surface area (Å²) in [5.41, 5.74) is 0.414. The van der Waals surface area contributed by atoms with Gasteiger partial charge in [-0.2, -0.15) is 0 Å². The van der Waals surface area contributed by atoms with Crippen molar-refractivity contribution in [3.8, 4) is 0 Å². The fourth-order valence-corrected chi connectivity index (χ4v) is 1.96. The van der Waals surface area contributed by atoms with Crippen molar-refractivity contribution in [2.24, 2.45) is 0 Å². The van der Waals surface area contributed by atoms with Crippen LogP contribution in [0.3, 0.4) is 0 Å². The summed E-state index contributed by atoms with van der Waals surface area (Å²) in [6.45, 7) is 7.84. The number of nitrogens with zero attached hydrogens (tertiary/aromatic N) is 1. The molecule has 0 unspecified atom stereocenters. The summed E-state index contributed by atoms with van der Waals surface area (Å²) in [4.78, 5) is 24.6. The van der Waals surface area contributed by atoms with Crippen LogP contribution in [0.15, 0.2) is 11.6 Å². The van der Waals surface area contributed by atoms with Crippen LogP contribution < -0.4 is 0 Å². The highest BCUT2D eigenvalue weighted by Crippen LogP contribution is 2.07. The number of carbonyl (C=O) groups is 2. The first-order valence-corrected chi connectivity index (χ1v) is 7.85. The number of rotatable bonds is 12. The Hall–Kier alpha value is -1.07. The maximum absolute atomic E-state index is 11.3. The van der Waals surface area contributed by atoms with Crippen LogP contribution in [0, 0.1) is 0 Å². The molecule has 0 saturated carbocycles. The van der Waals surface area contributed by atoms with Gasteiger partial charge in [0.05, 0.1) is 13.0 Å². The first-order valence-electron chi connectivity index (χ1n) is 7.85. The van der Waals surface area contributed by atoms with Crippen molar-refractivity contribution in [3.63, 3.8) is 0 Å². The van der Waals surface area contributed by atoms with E-state index >= 15 is 0 Å². The number of halogens is 1. The van der Waals surface area contributed by atoms with E-state index in [1.54, 1.807) is 6.92 Å². The minimum atomic E-state index is -0.874. The molecule has 0 saturated heterocycles. The number of likely N-dealkylation sites (N-methyl/N-ethyl adjacent to an activating group) is 1. The summed E-state index contributed by atoms with van der Waals surface area (Å²) >= 11 is 0. The first-order chi connectivity index (χ1) is 10.0. The molecule has 0 radical (unpaired) electrons. The Morgan fingerprint density at radius 1 is 1.18 bits per heavy atom. The number of hydrogen-bond donors (Lipinski definition) is 1. The van der Waals surface area contributed by atoms with Crippen molar-refractivity contribution >= 4 is 24.3 Å². The molecule has 0 spiro atoms. The summed E-state index contributed by atoms with van der Waals surface area (Å²) in [6, 6.07) is 0. The molecule has 6 heteroatoms. The molecule has 0 rings (SSSR count). The van der Waals surface area contributed by atoms with Gasteiger partial charge in [0.2, 0.25) is 0 Å². The van der Waals surface area contributed by atoms with Gasteiger partial charge in [-0.3, -0.25) is 9.69 Å². The number of esters is 1. The van der Waals surface area contributed by atoms with Crippen molar-refractivity contribution in [1.29, 1.82) is 0 Å². The van der Waals surface area contributed by atoms with E-state index in [9.17, 15) is 14.7 Å². The number of hydrogen-bond acceptors (Lipinski definition) is 4. The van der Waals surface area contributed by atoms with Crippen LogP contribution >= 0.6 is 12.4 Å². The fraction of sp³-hybridized carbons (Fsp3) is 0.750. The van der Waals surface area contributed by atoms with Crippen LogP contribution in [0.5, 0.6) is 0 Å². The molecule has 5 nitrogen and oxygen atoms in total. The number of aliphatic carboxylic acids is 1. The maximum Gasteiger partial charge on any atom is 0.332 e. The van der Waals surface area contributed by atoms with Gasteiger partial charge < -0.3 is 9.84 Å². The Morgan fingerprint density at radius 2 is 1.86 bits per heavy atom. The summed E-state index contributed by atoms with van der Waals surface area (Å²) in [5, 5.41) is 9.25. The normalized spacial score (nSPS) is 11.2. The lowest BCUT2D eigenvalue weighted by atomic mass is 10.1. The summed E-state index contributed by atoms with van der Waals surface area (Å²) < 4.78 is 4.88. The van der Waals surface area contributed by atoms with Crippen molar-refractivity contribution < 1.29 is 19.4 Å². The topological polar surface area (TPSA) is 66.8 Å². The Kier molecular flexibility index (Phi) is 15.7. The molecule has 0 bridgehead atoms. The molecule has 0 aliphatic rings. The molecule has 0 aliphatic heterocycles. The molecule has 130 valence electrons. The van der Waals surface area contributed by atoms with Crippen molar-refractivity contribution in [2.75, 3.05) is 26.2 Å². The predicted molar refractivity (Wildman–Crippen MR) is 90.5 cm³/mol. The monoisotopic (exact) mass is 335 g/mol. The highest BCUT2D eigenvalue weighted by atomic mass is 35.5. The fourth-order valence-electron chi connectivity index (χ4n) is 1.96. The minimum Gasteiger partial charge on any atom is -0.478 e. The van der Waals surface area contributed by atoms with E-state index in [0.29, 0.717) is 38.2 Å². The molecule has 0 aliphatic carbocycles. The average Bonchev–Trinajstić information content (AvgIpc) is 2.45. The van der Waals surface area contributed by atoms with Crippen LogP contribution in [-0.4, -0.2) is 48.2 Å². The number of ether oxygens (including phenoxy) is 1. The van der Waals surface area contributed by atoms with E-state index in [0.717, 1.165) is 25.7 Å². The lowest BCUT2D eigenvalue weighted by molar-refractivity contribution is -0.143. The molecule has 1 N–H and O–H groups in total. The van der Waals surface area contributed by atoms with E-state index in [4.69, 9.17) is 4.74 Å². The number of unbranched alkanes of at least 4 members (excludes halogenated alkanes) is 3. The summed E-state index contributed by atoms with van der Waals surface area (Å²) in [5.74, 6) is -1.11. The molecule has 0 aromatic carbocycles. The van der Waals surface area contributed by atoms with Crippen molar-refractivity contribution in [2.45, 2.75) is 52.9 Å². The van der Waals surface area contributed by atoms with E-state index in [1.165, 1.54) is 0 Å². The average molecular weight is 336 g/mol. The maximum atomic E-state index is 11.3. The molecule has 0 atom stereocenters. The first kappa shape index (κ1) is 23.2. The zero-order valence-electron chi connectivity index (χ0n) is 14.0. The quantitative estimate of drug-likeness (QED) is 0.337. The molecular formula is C16H30ClNO4. The Labute approximate surface area is 140 Å². The number of carboxylic acids is 1. The van der Waals surface area contributed by atoms with Crippen LogP contribution in [0.2, 0.25) is 0 Å². The number of carboxylic acid groups (broad SMARTS) is 1.